The molecule has 3 aromatic carbocycles. The Morgan fingerprint density at radius 1 is 0.774 bits per heavy atom. The molecule has 0 spiro atoms. The predicted octanol–water partition coefficient (Wildman–Crippen LogP) is 3.23. The number of hydrogen-bond acceptors (Lipinski definition) is 8. The summed E-state index contributed by atoms with van der Waals surface area (Å²) in [6.45, 7) is 6.64. The summed E-state index contributed by atoms with van der Waals surface area (Å²) in [7, 11) is 3.11. The van der Waals surface area contributed by atoms with Crippen LogP contribution in [-0.4, -0.2) is 91.6 Å². The standard InChI is InChI=1S/C29H37N5O7.C7H8N2O.C2H6/c1-5-34(29(40)41-19-21-12-8-6-9-13-21)18-20(2)26(37)30-16-23(35)27(38)31-17-24(36)32-25(28(39)33(3)4)22-14-10-7-11-15-22;8-7(10)9-6-4-2-1-3-5-6;1-2/h6-15,20,25H,5,16-19H2,1-4H3,(H,30,37)(H,31,38)(H,32,36);1-5H,(H3,8,9,10);1-2H3/t20-,25-;;/m0../s1. The molecule has 0 fully saturated rings. The summed E-state index contributed by atoms with van der Waals surface area (Å²) >= 11 is 0. The van der Waals surface area contributed by atoms with Crippen LogP contribution in [0.1, 0.15) is 44.9 Å². The van der Waals surface area contributed by atoms with Gasteiger partial charge in [0.15, 0.2) is 0 Å². The topological polar surface area (TPSA) is 209 Å². The first kappa shape index (κ1) is 44.8. The van der Waals surface area contributed by atoms with Crippen LogP contribution in [0.15, 0.2) is 91.0 Å². The van der Waals surface area contributed by atoms with E-state index in [1.807, 2.05) is 62.4 Å². The molecule has 15 nitrogen and oxygen atoms in total. The van der Waals surface area contributed by atoms with Crippen LogP contribution in [0.5, 0.6) is 0 Å². The minimum Gasteiger partial charge on any atom is -0.445 e. The number of Topliss-reactive ketones (excluding diaryl/α,β-unsaturated/α-hetero) is 1. The molecule has 0 saturated carbocycles. The van der Waals surface area contributed by atoms with Gasteiger partial charge in [0.2, 0.25) is 23.5 Å². The number of ether oxygens (including phenoxy) is 1. The number of nitrogens with one attached hydrogen (secondary N) is 4. The molecule has 2 atom stereocenters. The number of likely N-dealkylation sites (N-methyl/N-ethyl adjacent to an activating group) is 1. The van der Waals surface area contributed by atoms with E-state index in [0.29, 0.717) is 12.1 Å². The van der Waals surface area contributed by atoms with Crippen molar-refractivity contribution in [2.45, 2.75) is 40.3 Å². The molecule has 0 aliphatic rings. The number of carbonyl (C=O) groups is 7. The number of carbonyl (C=O) groups excluding carboxylic acids is 7. The van der Waals surface area contributed by atoms with Crippen LogP contribution in [0.25, 0.3) is 0 Å². The number of primary amides is 1. The molecule has 15 heteroatoms. The van der Waals surface area contributed by atoms with Crippen LogP contribution < -0.4 is 27.0 Å². The molecule has 3 rings (SSSR count). The second-order valence-corrected chi connectivity index (χ2v) is 11.3. The average Bonchev–Trinajstić information content (AvgIpc) is 3.17. The molecule has 53 heavy (non-hydrogen) atoms. The largest absolute Gasteiger partial charge is 0.445 e. The Morgan fingerprint density at radius 3 is 1.85 bits per heavy atom. The van der Waals surface area contributed by atoms with E-state index in [1.165, 1.54) is 9.80 Å². The van der Waals surface area contributed by atoms with E-state index in [4.69, 9.17) is 10.5 Å². The van der Waals surface area contributed by atoms with Crippen molar-refractivity contribution in [3.63, 3.8) is 0 Å². The molecule has 3 aromatic rings. The van der Waals surface area contributed by atoms with Crippen molar-refractivity contribution < 1.29 is 38.3 Å². The lowest BCUT2D eigenvalue weighted by atomic mass is 10.1. The first-order valence-electron chi connectivity index (χ1n) is 17.0. The van der Waals surface area contributed by atoms with Crippen molar-refractivity contribution in [1.82, 2.24) is 25.8 Å². The smallest absolute Gasteiger partial charge is 0.410 e. The van der Waals surface area contributed by atoms with E-state index in [0.717, 1.165) is 11.3 Å². The zero-order chi connectivity index (χ0) is 39.8. The van der Waals surface area contributed by atoms with Gasteiger partial charge in [-0.2, -0.15) is 0 Å². The van der Waals surface area contributed by atoms with E-state index in [1.54, 1.807) is 70.4 Å². The first-order valence-corrected chi connectivity index (χ1v) is 17.0. The summed E-state index contributed by atoms with van der Waals surface area (Å²) < 4.78 is 5.31. The summed E-state index contributed by atoms with van der Waals surface area (Å²) in [5.41, 5.74) is 6.98. The third kappa shape index (κ3) is 17.5. The molecular formula is C38H51N7O8. The Bertz CT molecular complexity index is 1610. The predicted molar refractivity (Wildman–Crippen MR) is 201 cm³/mol. The Balaban J connectivity index is 0.000000994. The van der Waals surface area contributed by atoms with Crippen LogP contribution >= 0.6 is 0 Å². The maximum Gasteiger partial charge on any atom is 0.410 e. The van der Waals surface area contributed by atoms with Gasteiger partial charge in [-0.25, -0.2) is 9.59 Å². The van der Waals surface area contributed by atoms with Gasteiger partial charge < -0.3 is 41.5 Å². The van der Waals surface area contributed by atoms with E-state index in [2.05, 4.69) is 21.3 Å². The zero-order valence-corrected chi connectivity index (χ0v) is 31.1. The van der Waals surface area contributed by atoms with Crippen molar-refractivity contribution in [3.05, 3.63) is 102 Å². The molecule has 0 aromatic heterocycles. The molecule has 0 radical (unpaired) electrons. The summed E-state index contributed by atoms with van der Waals surface area (Å²) in [4.78, 5) is 87.3. The number of nitrogens with two attached hydrogens (primary N) is 1. The molecule has 0 aliphatic carbocycles. The van der Waals surface area contributed by atoms with Crippen LogP contribution in [0.3, 0.4) is 0 Å². The third-order valence-electron chi connectivity index (χ3n) is 7.04. The summed E-state index contributed by atoms with van der Waals surface area (Å²) in [6, 6.07) is 25.3. The Morgan fingerprint density at radius 2 is 1.32 bits per heavy atom. The molecule has 286 valence electrons. The van der Waals surface area contributed by atoms with Crippen LogP contribution in [0.2, 0.25) is 0 Å². The Kier molecular flexibility index (Phi) is 21.0. The Hall–Kier alpha value is -6.25. The van der Waals surface area contributed by atoms with Crippen molar-refractivity contribution >= 4 is 47.2 Å². The van der Waals surface area contributed by atoms with Gasteiger partial charge in [0.05, 0.1) is 19.0 Å². The summed E-state index contributed by atoms with van der Waals surface area (Å²) in [6.07, 6.45) is -0.577. The minimum absolute atomic E-state index is 0.0464. The number of hydrogen-bond donors (Lipinski definition) is 5. The fraction of sp³-hybridized carbons (Fsp3) is 0.342. The number of para-hydroxylation sites is 1. The molecule has 0 saturated heterocycles. The summed E-state index contributed by atoms with van der Waals surface area (Å²) in [5, 5.41) is 9.58. The lowest BCUT2D eigenvalue weighted by Crippen LogP contribution is -2.47. The number of anilines is 1. The number of ketones is 1. The fourth-order valence-electron chi connectivity index (χ4n) is 4.30. The highest BCUT2D eigenvalue weighted by Crippen LogP contribution is 2.14. The van der Waals surface area contributed by atoms with E-state index >= 15 is 0 Å². The lowest BCUT2D eigenvalue weighted by Gasteiger charge is -2.23. The van der Waals surface area contributed by atoms with E-state index in [-0.39, 0.29) is 19.1 Å². The van der Waals surface area contributed by atoms with Crippen LogP contribution in [-0.2, 0) is 35.3 Å². The number of benzene rings is 3. The van der Waals surface area contributed by atoms with Crippen molar-refractivity contribution in [3.8, 4) is 0 Å². The van der Waals surface area contributed by atoms with Gasteiger partial charge in [-0.05, 0) is 30.2 Å². The maximum atomic E-state index is 12.5. The van der Waals surface area contributed by atoms with Gasteiger partial charge in [-0.1, -0.05) is 99.6 Å². The highest BCUT2D eigenvalue weighted by atomic mass is 16.6. The average molecular weight is 734 g/mol. The van der Waals surface area contributed by atoms with Crippen LogP contribution in [0.4, 0.5) is 15.3 Å². The van der Waals surface area contributed by atoms with Gasteiger partial charge in [0.1, 0.15) is 12.6 Å². The van der Waals surface area contributed by atoms with Gasteiger partial charge >= 0.3 is 12.1 Å². The van der Waals surface area contributed by atoms with E-state index < -0.39 is 60.7 Å². The summed E-state index contributed by atoms with van der Waals surface area (Å²) in [5.74, 6) is -4.29. The normalized spacial score (nSPS) is 10.9. The molecule has 0 unspecified atom stereocenters. The molecular weight excluding hydrogens is 682 g/mol. The van der Waals surface area contributed by atoms with E-state index in [9.17, 15) is 33.6 Å². The second kappa shape index (κ2) is 24.8. The van der Waals surface area contributed by atoms with Crippen molar-refractivity contribution in [1.29, 1.82) is 0 Å². The highest BCUT2D eigenvalue weighted by molar-refractivity contribution is 6.37. The van der Waals surface area contributed by atoms with Gasteiger partial charge in [0.25, 0.3) is 5.91 Å². The number of amides is 7. The monoisotopic (exact) mass is 733 g/mol. The highest BCUT2D eigenvalue weighted by Gasteiger charge is 2.26. The number of urea groups is 1. The molecule has 0 bridgehead atoms. The fourth-order valence-corrected chi connectivity index (χ4v) is 4.30. The first-order chi connectivity index (χ1) is 25.3. The SMILES string of the molecule is CC.CCN(C[C@H](C)C(=O)NCC(=O)C(=O)NCC(=O)N[C@H](C(=O)N(C)C)c1ccccc1)C(=O)OCc1ccccc1.NC(=O)Nc1ccccc1. The minimum atomic E-state index is -1.07. The lowest BCUT2D eigenvalue weighted by molar-refractivity contribution is -0.139. The zero-order valence-electron chi connectivity index (χ0n) is 31.1. The van der Waals surface area contributed by atoms with Gasteiger partial charge in [0, 0.05) is 32.9 Å². The van der Waals surface area contributed by atoms with Crippen molar-refractivity contribution in [2.75, 3.05) is 45.6 Å². The molecule has 7 amide bonds. The van der Waals surface area contributed by atoms with Crippen LogP contribution in [0, 0.1) is 5.92 Å². The second-order valence-electron chi connectivity index (χ2n) is 11.3. The number of nitrogens with zero attached hydrogens (tertiary/aromatic N) is 2. The molecule has 0 aliphatic heterocycles. The molecule has 0 heterocycles. The van der Waals surface area contributed by atoms with Gasteiger partial charge in [-0.3, -0.25) is 24.0 Å². The quantitative estimate of drug-likeness (QED) is 0.146. The van der Waals surface area contributed by atoms with Crippen molar-refractivity contribution in [2.24, 2.45) is 11.7 Å². The number of rotatable bonds is 15. The Labute approximate surface area is 310 Å². The molecule has 6 N–H and O–H groups in total. The third-order valence-corrected chi connectivity index (χ3v) is 7.04. The van der Waals surface area contributed by atoms with Gasteiger partial charge in [-0.15, -0.1) is 0 Å². The maximum absolute atomic E-state index is 12.5.